The van der Waals surface area contributed by atoms with E-state index in [0.717, 1.165) is 15.8 Å². The van der Waals surface area contributed by atoms with Gasteiger partial charge in [0.25, 0.3) is 5.56 Å². The van der Waals surface area contributed by atoms with Gasteiger partial charge in [0.2, 0.25) is 5.95 Å². The predicted molar refractivity (Wildman–Crippen MR) is 122 cm³/mol. The first-order valence-corrected chi connectivity index (χ1v) is 10.5. The third-order valence-electron chi connectivity index (χ3n) is 4.77. The van der Waals surface area contributed by atoms with Gasteiger partial charge in [0.1, 0.15) is 17.3 Å². The number of nitrogen functional groups attached to an aromatic ring is 1. The van der Waals surface area contributed by atoms with Crippen molar-refractivity contribution in [3.8, 4) is 11.1 Å². The van der Waals surface area contributed by atoms with Crippen LogP contribution in [0.15, 0.2) is 58.4 Å². The zero-order valence-corrected chi connectivity index (χ0v) is 18.1. The van der Waals surface area contributed by atoms with Crippen LogP contribution in [0.4, 0.5) is 16.2 Å². The molecule has 0 aliphatic heterocycles. The first-order chi connectivity index (χ1) is 14.8. The molecule has 0 spiro atoms. The lowest BCUT2D eigenvalue weighted by molar-refractivity contribution is 0.596. The number of nitrogens with zero attached hydrogens (tertiary/aromatic N) is 4. The molecule has 0 aliphatic carbocycles. The summed E-state index contributed by atoms with van der Waals surface area (Å²) >= 11 is 1.33. The van der Waals surface area contributed by atoms with Crippen LogP contribution in [0, 0.1) is 12.7 Å². The molecule has 31 heavy (non-hydrogen) atoms. The molecule has 3 heterocycles. The molecule has 0 saturated carbocycles. The molecular weight excluding hydrogens is 415 g/mol. The molecule has 9 heteroatoms. The molecule has 3 N–H and O–H groups in total. The first-order valence-electron chi connectivity index (χ1n) is 9.67. The number of pyridine rings is 2. The average molecular weight is 437 g/mol. The topological polar surface area (TPSA) is 98.7 Å². The zero-order chi connectivity index (χ0) is 22.1. The number of nitrogens with two attached hydrogens (primary N) is 1. The summed E-state index contributed by atoms with van der Waals surface area (Å²) in [6.07, 6.45) is 1.62. The molecule has 0 unspecified atom stereocenters. The van der Waals surface area contributed by atoms with Gasteiger partial charge < -0.3 is 10.5 Å². The van der Waals surface area contributed by atoms with Gasteiger partial charge in [0.05, 0.1) is 0 Å². The molecule has 158 valence electrons. The van der Waals surface area contributed by atoms with Gasteiger partial charge in [0.15, 0.2) is 0 Å². The molecule has 7 nitrogen and oxygen atoms in total. The molecule has 0 aliphatic rings. The van der Waals surface area contributed by atoms with Crippen molar-refractivity contribution in [2.45, 2.75) is 31.7 Å². The molecule has 0 saturated heterocycles. The Morgan fingerprint density at radius 3 is 2.52 bits per heavy atom. The Kier molecular flexibility index (Phi) is 5.60. The van der Waals surface area contributed by atoms with Crippen LogP contribution in [-0.2, 0) is 0 Å². The Balaban J connectivity index is 1.71. The third kappa shape index (κ3) is 4.22. The molecule has 4 aromatic rings. The second-order valence-corrected chi connectivity index (χ2v) is 8.20. The minimum atomic E-state index is -0.279. The highest BCUT2D eigenvalue weighted by Crippen LogP contribution is 2.27. The van der Waals surface area contributed by atoms with Crippen molar-refractivity contribution in [3.63, 3.8) is 0 Å². The fraction of sp³-hybridized carbons (Fsp3) is 0.182. The minimum Gasteiger partial charge on any atom is -0.368 e. The summed E-state index contributed by atoms with van der Waals surface area (Å²) in [7, 11) is 0. The lowest BCUT2D eigenvalue weighted by atomic mass is 10.0. The van der Waals surface area contributed by atoms with E-state index in [9.17, 15) is 9.18 Å². The van der Waals surface area contributed by atoms with E-state index in [1.165, 1.54) is 24.1 Å². The summed E-state index contributed by atoms with van der Waals surface area (Å²) in [6.45, 7) is 5.70. The maximum Gasteiger partial charge on any atom is 0.260 e. The van der Waals surface area contributed by atoms with Crippen molar-refractivity contribution in [1.29, 1.82) is 0 Å². The van der Waals surface area contributed by atoms with Gasteiger partial charge in [-0.05, 0) is 75.2 Å². The monoisotopic (exact) mass is 436 g/mol. The number of hydrogen-bond donors (Lipinski definition) is 2. The quantitative estimate of drug-likeness (QED) is 0.442. The SMILES string of the molecule is Cc1nc(NSc2ccc(F)cc2)ccc1-c1cc2cnc(N)nc2n(C(C)C)c1=O. The van der Waals surface area contributed by atoms with Crippen molar-refractivity contribution < 1.29 is 4.39 Å². The van der Waals surface area contributed by atoms with Crippen molar-refractivity contribution in [1.82, 2.24) is 19.5 Å². The average Bonchev–Trinajstić information content (AvgIpc) is 2.73. The Bertz CT molecular complexity index is 1320. The van der Waals surface area contributed by atoms with E-state index in [2.05, 4.69) is 19.7 Å². The largest absolute Gasteiger partial charge is 0.368 e. The van der Waals surface area contributed by atoms with E-state index in [-0.39, 0.29) is 23.4 Å². The molecule has 3 aromatic heterocycles. The van der Waals surface area contributed by atoms with Crippen LogP contribution >= 0.6 is 11.9 Å². The Morgan fingerprint density at radius 2 is 1.84 bits per heavy atom. The number of aromatic nitrogens is 4. The molecular formula is C22H21FN6OS. The number of rotatable bonds is 5. The Hall–Kier alpha value is -3.46. The second kappa shape index (κ2) is 8.35. The normalized spacial score (nSPS) is 11.3. The van der Waals surface area contributed by atoms with Gasteiger partial charge in [0, 0.05) is 39.3 Å². The summed E-state index contributed by atoms with van der Waals surface area (Å²) in [5, 5.41) is 0.728. The van der Waals surface area contributed by atoms with Gasteiger partial charge in [-0.1, -0.05) is 0 Å². The second-order valence-electron chi connectivity index (χ2n) is 7.32. The van der Waals surface area contributed by atoms with Gasteiger partial charge in [-0.25, -0.2) is 14.4 Å². The van der Waals surface area contributed by atoms with Crippen LogP contribution in [0.2, 0.25) is 0 Å². The summed E-state index contributed by atoms with van der Waals surface area (Å²) in [4.78, 5) is 27.1. The molecule has 4 rings (SSSR count). The fourth-order valence-electron chi connectivity index (χ4n) is 3.32. The maximum absolute atomic E-state index is 13.3. The Labute approximate surface area is 182 Å². The van der Waals surface area contributed by atoms with Crippen LogP contribution in [-0.4, -0.2) is 19.5 Å². The van der Waals surface area contributed by atoms with Crippen molar-refractivity contribution >= 4 is 34.7 Å². The number of benzene rings is 1. The van der Waals surface area contributed by atoms with E-state index >= 15 is 0 Å². The molecule has 0 radical (unpaired) electrons. The van der Waals surface area contributed by atoms with E-state index in [1.54, 1.807) is 29.0 Å². The number of aryl methyl sites for hydroxylation is 1. The van der Waals surface area contributed by atoms with Crippen LogP contribution in [0.1, 0.15) is 25.6 Å². The fourth-order valence-corrected chi connectivity index (χ4v) is 3.93. The van der Waals surface area contributed by atoms with Crippen LogP contribution in [0.3, 0.4) is 0 Å². The summed E-state index contributed by atoms with van der Waals surface area (Å²) in [6, 6.07) is 11.5. The minimum absolute atomic E-state index is 0.106. The van der Waals surface area contributed by atoms with E-state index in [1.807, 2.05) is 32.9 Å². The van der Waals surface area contributed by atoms with Crippen molar-refractivity contribution in [3.05, 3.63) is 70.5 Å². The zero-order valence-electron chi connectivity index (χ0n) is 17.3. The smallest absolute Gasteiger partial charge is 0.260 e. The summed E-state index contributed by atoms with van der Waals surface area (Å²) in [5.41, 5.74) is 8.04. The molecule has 0 atom stereocenters. The van der Waals surface area contributed by atoms with E-state index in [0.29, 0.717) is 22.7 Å². The number of anilines is 2. The van der Waals surface area contributed by atoms with Crippen LogP contribution in [0.25, 0.3) is 22.2 Å². The van der Waals surface area contributed by atoms with Crippen molar-refractivity contribution in [2.24, 2.45) is 0 Å². The predicted octanol–water partition coefficient (Wildman–Crippen LogP) is 4.58. The number of halogens is 1. The van der Waals surface area contributed by atoms with Gasteiger partial charge in [-0.3, -0.25) is 9.36 Å². The van der Waals surface area contributed by atoms with Crippen LogP contribution in [0.5, 0.6) is 0 Å². The van der Waals surface area contributed by atoms with E-state index in [4.69, 9.17) is 5.73 Å². The maximum atomic E-state index is 13.3. The molecule has 1 aromatic carbocycles. The highest BCUT2D eigenvalue weighted by molar-refractivity contribution is 8.00. The van der Waals surface area contributed by atoms with Crippen molar-refractivity contribution in [2.75, 3.05) is 10.5 Å². The number of hydrogen-bond acceptors (Lipinski definition) is 7. The first kappa shape index (κ1) is 20.8. The van der Waals surface area contributed by atoms with Crippen LogP contribution < -0.4 is 16.0 Å². The highest BCUT2D eigenvalue weighted by atomic mass is 32.2. The third-order valence-corrected chi connectivity index (χ3v) is 5.59. The summed E-state index contributed by atoms with van der Waals surface area (Å²) in [5.74, 6) is 0.482. The number of fused-ring (bicyclic) bond motifs is 1. The number of nitrogens with one attached hydrogen (secondary N) is 1. The van der Waals surface area contributed by atoms with E-state index < -0.39 is 0 Å². The van der Waals surface area contributed by atoms with Gasteiger partial charge in [-0.15, -0.1) is 0 Å². The standard InChI is InChI=1S/C22H21FN6OS/c1-12(2)29-20-14(11-25-22(24)27-20)10-18(21(29)30)17-8-9-19(26-13(17)3)28-31-16-6-4-15(23)5-7-16/h4-12H,1-3H3,(H,26,28)(H2,24,25,27). The Morgan fingerprint density at radius 1 is 1.10 bits per heavy atom. The highest BCUT2D eigenvalue weighted by Gasteiger charge is 2.17. The summed E-state index contributed by atoms with van der Waals surface area (Å²) < 4.78 is 17.8. The molecule has 0 fully saturated rings. The lowest BCUT2D eigenvalue weighted by Gasteiger charge is -2.16. The molecule has 0 amide bonds. The molecule has 0 bridgehead atoms. The van der Waals surface area contributed by atoms with Gasteiger partial charge in [-0.2, -0.15) is 4.98 Å². The van der Waals surface area contributed by atoms with Gasteiger partial charge >= 0.3 is 0 Å². The lowest BCUT2D eigenvalue weighted by Crippen LogP contribution is -2.25.